The van der Waals surface area contributed by atoms with Crippen LogP contribution in [-0.2, 0) is 5.41 Å². The Hall–Kier alpha value is -1.07. The van der Waals surface area contributed by atoms with Gasteiger partial charge in [0.25, 0.3) is 0 Å². The SMILES string of the molecule is CC(C)(C)c1[nH]c(=O)[nH]c1C(O)CCN. The topological polar surface area (TPSA) is 94.9 Å². The molecule has 0 aromatic carbocycles. The van der Waals surface area contributed by atoms with Gasteiger partial charge in [0.05, 0.1) is 11.8 Å². The second-order valence-electron chi connectivity index (χ2n) is 4.71. The quantitative estimate of drug-likeness (QED) is 0.584. The van der Waals surface area contributed by atoms with Gasteiger partial charge in [-0.15, -0.1) is 0 Å². The summed E-state index contributed by atoms with van der Waals surface area (Å²) in [7, 11) is 0. The van der Waals surface area contributed by atoms with Crippen LogP contribution in [-0.4, -0.2) is 21.6 Å². The third kappa shape index (κ3) is 2.70. The van der Waals surface area contributed by atoms with Crippen LogP contribution < -0.4 is 11.4 Å². The molecule has 1 aromatic rings. The van der Waals surface area contributed by atoms with Crippen molar-refractivity contribution in [2.24, 2.45) is 5.73 Å². The maximum Gasteiger partial charge on any atom is 0.323 e. The first kappa shape index (κ1) is 12.0. The van der Waals surface area contributed by atoms with Crippen molar-refractivity contribution < 1.29 is 5.11 Å². The lowest BCUT2D eigenvalue weighted by atomic mass is 9.89. The fourth-order valence-corrected chi connectivity index (χ4v) is 1.54. The number of aliphatic hydroxyl groups is 1. The summed E-state index contributed by atoms with van der Waals surface area (Å²) in [6, 6.07) is 0. The third-order valence-electron chi connectivity index (χ3n) is 2.28. The normalized spacial score (nSPS) is 14.2. The first-order valence-electron chi connectivity index (χ1n) is 5.07. The number of H-pyrrole nitrogens is 2. The van der Waals surface area contributed by atoms with Crippen molar-refractivity contribution in [3.8, 4) is 0 Å². The Bertz CT molecular complexity index is 373. The smallest absolute Gasteiger partial charge is 0.323 e. The van der Waals surface area contributed by atoms with Gasteiger partial charge in [0.1, 0.15) is 0 Å². The number of imidazole rings is 1. The van der Waals surface area contributed by atoms with E-state index in [2.05, 4.69) is 9.97 Å². The molecule has 0 aliphatic heterocycles. The van der Waals surface area contributed by atoms with Crippen molar-refractivity contribution in [2.75, 3.05) is 6.54 Å². The molecule has 5 N–H and O–H groups in total. The highest BCUT2D eigenvalue weighted by molar-refractivity contribution is 5.21. The van der Waals surface area contributed by atoms with Crippen LogP contribution >= 0.6 is 0 Å². The van der Waals surface area contributed by atoms with Crippen molar-refractivity contribution in [3.05, 3.63) is 21.9 Å². The van der Waals surface area contributed by atoms with Crippen LogP contribution in [0, 0.1) is 0 Å². The second-order valence-corrected chi connectivity index (χ2v) is 4.71. The Labute approximate surface area is 88.7 Å². The molecular weight excluding hydrogens is 194 g/mol. The van der Waals surface area contributed by atoms with Gasteiger partial charge in [-0.05, 0) is 13.0 Å². The van der Waals surface area contributed by atoms with Crippen LogP contribution in [0.4, 0.5) is 0 Å². The largest absolute Gasteiger partial charge is 0.387 e. The molecule has 0 bridgehead atoms. The number of nitrogens with two attached hydrogens (primary N) is 1. The Morgan fingerprint density at radius 3 is 2.47 bits per heavy atom. The molecule has 15 heavy (non-hydrogen) atoms. The van der Waals surface area contributed by atoms with E-state index in [1.165, 1.54) is 0 Å². The van der Waals surface area contributed by atoms with Crippen LogP contribution in [0.5, 0.6) is 0 Å². The summed E-state index contributed by atoms with van der Waals surface area (Å²) < 4.78 is 0. The Morgan fingerprint density at radius 1 is 1.40 bits per heavy atom. The van der Waals surface area contributed by atoms with Crippen molar-refractivity contribution >= 4 is 0 Å². The molecule has 1 atom stereocenters. The first-order valence-corrected chi connectivity index (χ1v) is 5.07. The molecule has 86 valence electrons. The monoisotopic (exact) mass is 213 g/mol. The molecule has 0 radical (unpaired) electrons. The zero-order chi connectivity index (χ0) is 11.6. The van der Waals surface area contributed by atoms with Gasteiger partial charge in [-0.3, -0.25) is 0 Å². The average Bonchev–Trinajstić information content (AvgIpc) is 2.47. The zero-order valence-corrected chi connectivity index (χ0v) is 9.42. The lowest BCUT2D eigenvalue weighted by Crippen LogP contribution is -2.17. The van der Waals surface area contributed by atoms with Crippen LogP contribution in [0.1, 0.15) is 44.7 Å². The molecule has 1 unspecified atom stereocenters. The lowest BCUT2D eigenvalue weighted by molar-refractivity contribution is 0.163. The van der Waals surface area contributed by atoms with E-state index < -0.39 is 6.10 Å². The summed E-state index contributed by atoms with van der Waals surface area (Å²) in [5, 5.41) is 9.81. The van der Waals surface area contributed by atoms with E-state index in [0.29, 0.717) is 18.7 Å². The molecule has 1 rings (SSSR count). The number of hydrogen-bond donors (Lipinski definition) is 4. The third-order valence-corrected chi connectivity index (χ3v) is 2.28. The molecule has 0 fully saturated rings. The summed E-state index contributed by atoms with van der Waals surface area (Å²) in [6.07, 6.45) is -0.264. The van der Waals surface area contributed by atoms with Gasteiger partial charge in [-0.2, -0.15) is 0 Å². The second kappa shape index (κ2) is 4.20. The fraction of sp³-hybridized carbons (Fsp3) is 0.700. The van der Waals surface area contributed by atoms with Gasteiger partial charge in [-0.25, -0.2) is 4.79 Å². The predicted molar refractivity (Wildman–Crippen MR) is 58.7 cm³/mol. The van der Waals surface area contributed by atoms with Gasteiger partial charge < -0.3 is 20.8 Å². The Balaban J connectivity index is 3.12. The number of nitrogens with one attached hydrogen (secondary N) is 2. The minimum atomic E-state index is -0.705. The summed E-state index contributed by atoms with van der Waals surface area (Å²) in [6.45, 7) is 6.32. The van der Waals surface area contributed by atoms with E-state index >= 15 is 0 Å². The number of aromatic nitrogens is 2. The Morgan fingerprint density at radius 2 is 2.00 bits per heavy atom. The average molecular weight is 213 g/mol. The molecule has 0 aliphatic carbocycles. The van der Waals surface area contributed by atoms with Crippen LogP contribution in [0.15, 0.2) is 4.79 Å². The zero-order valence-electron chi connectivity index (χ0n) is 9.42. The summed E-state index contributed by atoms with van der Waals surface area (Å²) in [5.74, 6) is 0. The van der Waals surface area contributed by atoms with Crippen molar-refractivity contribution in [1.82, 2.24) is 9.97 Å². The molecular formula is C10H19N3O2. The minimum absolute atomic E-state index is 0.204. The number of aliphatic hydroxyl groups excluding tert-OH is 1. The lowest BCUT2D eigenvalue weighted by Gasteiger charge is -2.20. The van der Waals surface area contributed by atoms with E-state index in [-0.39, 0.29) is 11.1 Å². The number of aromatic amines is 2. The maximum absolute atomic E-state index is 11.2. The highest BCUT2D eigenvalue weighted by atomic mass is 16.3. The van der Waals surface area contributed by atoms with E-state index in [9.17, 15) is 9.90 Å². The van der Waals surface area contributed by atoms with Crippen LogP contribution in [0.25, 0.3) is 0 Å². The summed E-state index contributed by atoms with van der Waals surface area (Å²) in [4.78, 5) is 16.5. The summed E-state index contributed by atoms with van der Waals surface area (Å²) >= 11 is 0. The summed E-state index contributed by atoms with van der Waals surface area (Å²) in [5.41, 5.74) is 6.18. The molecule has 1 heterocycles. The molecule has 1 aromatic heterocycles. The van der Waals surface area contributed by atoms with E-state index in [1.807, 2.05) is 20.8 Å². The van der Waals surface area contributed by atoms with Gasteiger partial charge in [0.15, 0.2) is 0 Å². The molecule has 5 heteroatoms. The molecule has 0 amide bonds. The number of hydrogen-bond acceptors (Lipinski definition) is 3. The van der Waals surface area contributed by atoms with Gasteiger partial charge in [-0.1, -0.05) is 20.8 Å². The van der Waals surface area contributed by atoms with E-state index in [1.54, 1.807) is 0 Å². The first-order chi connectivity index (χ1) is 6.86. The Kier molecular flexibility index (Phi) is 3.36. The van der Waals surface area contributed by atoms with Crippen molar-refractivity contribution in [1.29, 1.82) is 0 Å². The molecule has 0 saturated carbocycles. The predicted octanol–water partition coefficient (Wildman–Crippen LogP) is 0.383. The van der Waals surface area contributed by atoms with Crippen molar-refractivity contribution in [2.45, 2.75) is 38.7 Å². The van der Waals surface area contributed by atoms with Crippen molar-refractivity contribution in [3.63, 3.8) is 0 Å². The molecule has 5 nitrogen and oxygen atoms in total. The van der Waals surface area contributed by atoms with Gasteiger partial charge >= 0.3 is 5.69 Å². The minimum Gasteiger partial charge on any atom is -0.387 e. The standard InChI is InChI=1S/C10H19N3O2/c1-10(2,3)8-7(6(14)4-5-11)12-9(15)13-8/h6,14H,4-5,11H2,1-3H3,(H2,12,13,15). The molecule has 0 spiro atoms. The molecule has 0 aliphatic rings. The van der Waals surface area contributed by atoms with E-state index in [4.69, 9.17) is 5.73 Å². The fourth-order valence-electron chi connectivity index (χ4n) is 1.54. The highest BCUT2D eigenvalue weighted by Crippen LogP contribution is 2.26. The van der Waals surface area contributed by atoms with E-state index in [0.717, 1.165) is 5.69 Å². The van der Waals surface area contributed by atoms with Crippen LogP contribution in [0.2, 0.25) is 0 Å². The highest BCUT2D eigenvalue weighted by Gasteiger charge is 2.24. The molecule has 0 saturated heterocycles. The van der Waals surface area contributed by atoms with Gasteiger partial charge in [0.2, 0.25) is 0 Å². The van der Waals surface area contributed by atoms with Crippen LogP contribution in [0.3, 0.4) is 0 Å². The number of rotatable bonds is 3. The van der Waals surface area contributed by atoms with Gasteiger partial charge in [0, 0.05) is 11.1 Å². The maximum atomic E-state index is 11.2.